The third-order valence-electron chi connectivity index (χ3n) is 2.51. The highest BCUT2D eigenvalue weighted by atomic mass is 16.6. The molecule has 5 heteroatoms. The SMILES string of the molecule is COCCOC(=O)C(C)(C)CC(C)(C)C(=O)[O-]. The zero-order chi connectivity index (χ0) is 13.7. The lowest BCUT2D eigenvalue weighted by molar-refractivity contribution is -0.318. The standard InChI is InChI=1S/C12H22O5/c1-11(2,9(13)14)8-12(3,4)10(15)17-7-6-16-5/h6-8H2,1-5H3,(H,13,14)/p-1. The molecular weight excluding hydrogens is 224 g/mol. The molecular formula is C12H21O5-. The highest BCUT2D eigenvalue weighted by Crippen LogP contribution is 2.34. The fourth-order valence-corrected chi connectivity index (χ4v) is 1.66. The van der Waals surface area contributed by atoms with Crippen molar-refractivity contribution in [1.82, 2.24) is 0 Å². The number of carboxylic acid groups (broad SMARTS) is 1. The maximum atomic E-state index is 11.7. The summed E-state index contributed by atoms with van der Waals surface area (Å²) in [5.41, 5.74) is -1.93. The first-order chi connectivity index (χ1) is 7.63. The molecule has 0 aromatic heterocycles. The Morgan fingerprint density at radius 1 is 1.06 bits per heavy atom. The van der Waals surface area contributed by atoms with Gasteiger partial charge in [0.1, 0.15) is 6.61 Å². The van der Waals surface area contributed by atoms with Gasteiger partial charge in [0, 0.05) is 18.5 Å². The summed E-state index contributed by atoms with van der Waals surface area (Å²) >= 11 is 0. The van der Waals surface area contributed by atoms with Crippen LogP contribution in [0.25, 0.3) is 0 Å². The number of aliphatic carboxylic acids is 1. The highest BCUT2D eigenvalue weighted by Gasteiger charge is 2.36. The third kappa shape index (κ3) is 5.17. The fraction of sp³-hybridized carbons (Fsp3) is 0.833. The summed E-state index contributed by atoms with van der Waals surface area (Å²) in [7, 11) is 1.51. The lowest BCUT2D eigenvalue weighted by atomic mass is 9.75. The van der Waals surface area contributed by atoms with E-state index in [9.17, 15) is 14.7 Å². The van der Waals surface area contributed by atoms with E-state index in [0.717, 1.165) is 0 Å². The smallest absolute Gasteiger partial charge is 0.311 e. The average Bonchev–Trinajstić information content (AvgIpc) is 2.16. The Kier molecular flexibility index (Phi) is 5.61. The topological polar surface area (TPSA) is 75.7 Å². The van der Waals surface area contributed by atoms with Crippen molar-refractivity contribution in [1.29, 1.82) is 0 Å². The van der Waals surface area contributed by atoms with Crippen LogP contribution in [0.2, 0.25) is 0 Å². The molecule has 0 aromatic rings. The van der Waals surface area contributed by atoms with Gasteiger partial charge in [-0.2, -0.15) is 0 Å². The predicted molar refractivity (Wildman–Crippen MR) is 60.0 cm³/mol. The highest BCUT2D eigenvalue weighted by molar-refractivity contribution is 5.78. The molecule has 0 fully saturated rings. The van der Waals surface area contributed by atoms with E-state index in [1.807, 2.05) is 0 Å². The number of methoxy groups -OCH3 is 1. The molecule has 0 bridgehead atoms. The molecule has 0 atom stereocenters. The van der Waals surface area contributed by atoms with Crippen LogP contribution in [0.4, 0.5) is 0 Å². The number of hydrogen-bond donors (Lipinski definition) is 0. The van der Waals surface area contributed by atoms with E-state index in [-0.39, 0.29) is 13.0 Å². The monoisotopic (exact) mass is 245 g/mol. The van der Waals surface area contributed by atoms with E-state index in [2.05, 4.69) is 0 Å². The molecule has 0 unspecified atom stereocenters. The lowest BCUT2D eigenvalue weighted by Gasteiger charge is -2.33. The molecule has 0 radical (unpaired) electrons. The molecule has 0 rings (SSSR count). The number of ether oxygens (including phenoxy) is 2. The molecule has 0 N–H and O–H groups in total. The van der Waals surface area contributed by atoms with Crippen molar-refractivity contribution in [3.05, 3.63) is 0 Å². The predicted octanol–water partition coefficient (Wildman–Crippen LogP) is 0.368. The van der Waals surface area contributed by atoms with Gasteiger partial charge in [-0.3, -0.25) is 4.79 Å². The molecule has 0 saturated heterocycles. The van der Waals surface area contributed by atoms with E-state index in [0.29, 0.717) is 6.61 Å². The van der Waals surface area contributed by atoms with Crippen molar-refractivity contribution in [2.75, 3.05) is 20.3 Å². The molecule has 0 heterocycles. The van der Waals surface area contributed by atoms with Crippen molar-refractivity contribution in [2.24, 2.45) is 10.8 Å². The van der Waals surface area contributed by atoms with Crippen LogP contribution < -0.4 is 5.11 Å². The molecule has 5 nitrogen and oxygen atoms in total. The van der Waals surface area contributed by atoms with Crippen molar-refractivity contribution < 1.29 is 24.2 Å². The minimum atomic E-state index is -1.17. The molecule has 0 aromatic carbocycles. The first-order valence-electron chi connectivity index (χ1n) is 5.51. The van der Waals surface area contributed by atoms with Crippen molar-refractivity contribution in [3.8, 4) is 0 Å². The Morgan fingerprint density at radius 2 is 1.59 bits per heavy atom. The van der Waals surface area contributed by atoms with Crippen LogP contribution in [0.15, 0.2) is 0 Å². The summed E-state index contributed by atoms with van der Waals surface area (Å²) in [6.07, 6.45) is 0.161. The van der Waals surface area contributed by atoms with Crippen molar-refractivity contribution in [2.45, 2.75) is 34.1 Å². The van der Waals surface area contributed by atoms with E-state index in [4.69, 9.17) is 9.47 Å². The average molecular weight is 245 g/mol. The largest absolute Gasteiger partial charge is 0.550 e. The molecule has 17 heavy (non-hydrogen) atoms. The van der Waals surface area contributed by atoms with Gasteiger partial charge in [0.2, 0.25) is 0 Å². The Hall–Kier alpha value is -1.10. The van der Waals surface area contributed by atoms with Gasteiger partial charge in [-0.15, -0.1) is 0 Å². The molecule has 0 aliphatic carbocycles. The van der Waals surface area contributed by atoms with E-state index in [1.54, 1.807) is 13.8 Å². The van der Waals surface area contributed by atoms with Crippen LogP contribution in [-0.4, -0.2) is 32.3 Å². The van der Waals surface area contributed by atoms with Gasteiger partial charge in [-0.05, 0) is 20.3 Å². The zero-order valence-electron chi connectivity index (χ0n) is 11.2. The fourth-order valence-electron chi connectivity index (χ4n) is 1.66. The first kappa shape index (κ1) is 15.9. The maximum absolute atomic E-state index is 11.7. The molecule has 0 aliphatic heterocycles. The van der Waals surface area contributed by atoms with Crippen LogP contribution in [0.3, 0.4) is 0 Å². The summed E-state index contributed by atoms with van der Waals surface area (Å²) in [5, 5.41) is 10.9. The van der Waals surface area contributed by atoms with E-state index < -0.39 is 22.8 Å². The molecule has 0 aliphatic rings. The Labute approximate surface area is 102 Å². The molecule has 0 saturated carbocycles. The van der Waals surface area contributed by atoms with Crippen molar-refractivity contribution in [3.63, 3.8) is 0 Å². The van der Waals surface area contributed by atoms with E-state index in [1.165, 1.54) is 21.0 Å². The molecule has 100 valence electrons. The van der Waals surface area contributed by atoms with Gasteiger partial charge in [0.05, 0.1) is 12.0 Å². The Morgan fingerprint density at radius 3 is 2.00 bits per heavy atom. The summed E-state index contributed by atoms with van der Waals surface area (Å²) in [6.45, 7) is 6.88. The van der Waals surface area contributed by atoms with Crippen LogP contribution >= 0.6 is 0 Å². The summed E-state index contributed by atoms with van der Waals surface area (Å²) in [5.74, 6) is -1.60. The number of carbonyl (C=O) groups is 2. The number of rotatable bonds is 7. The van der Waals surface area contributed by atoms with Crippen LogP contribution in [0.5, 0.6) is 0 Å². The zero-order valence-corrected chi connectivity index (χ0v) is 11.2. The van der Waals surface area contributed by atoms with Crippen LogP contribution in [-0.2, 0) is 19.1 Å². The summed E-state index contributed by atoms with van der Waals surface area (Å²) in [4.78, 5) is 22.6. The normalized spacial score (nSPS) is 12.3. The summed E-state index contributed by atoms with van der Waals surface area (Å²) < 4.78 is 9.76. The number of esters is 1. The number of carbonyl (C=O) groups excluding carboxylic acids is 2. The van der Waals surface area contributed by atoms with Crippen molar-refractivity contribution >= 4 is 11.9 Å². The Balaban J connectivity index is 4.46. The van der Waals surface area contributed by atoms with Gasteiger partial charge in [0.25, 0.3) is 0 Å². The third-order valence-corrected chi connectivity index (χ3v) is 2.51. The lowest BCUT2D eigenvalue weighted by Crippen LogP contribution is -2.43. The number of carboxylic acids is 1. The Bertz CT molecular complexity index is 281. The maximum Gasteiger partial charge on any atom is 0.311 e. The van der Waals surface area contributed by atoms with Crippen LogP contribution in [0, 0.1) is 10.8 Å². The van der Waals surface area contributed by atoms with Gasteiger partial charge in [-0.1, -0.05) is 13.8 Å². The minimum absolute atomic E-state index is 0.161. The minimum Gasteiger partial charge on any atom is -0.550 e. The van der Waals surface area contributed by atoms with Gasteiger partial charge in [-0.25, -0.2) is 0 Å². The van der Waals surface area contributed by atoms with Gasteiger partial charge >= 0.3 is 5.97 Å². The van der Waals surface area contributed by atoms with Gasteiger partial charge in [0.15, 0.2) is 0 Å². The molecule has 0 amide bonds. The quantitative estimate of drug-likeness (QED) is 0.478. The number of hydrogen-bond acceptors (Lipinski definition) is 5. The second kappa shape index (κ2) is 6.00. The molecule has 0 spiro atoms. The second-order valence-electron chi connectivity index (χ2n) is 5.36. The first-order valence-corrected chi connectivity index (χ1v) is 5.51. The van der Waals surface area contributed by atoms with Gasteiger partial charge < -0.3 is 19.4 Å². The van der Waals surface area contributed by atoms with E-state index >= 15 is 0 Å². The summed E-state index contributed by atoms with van der Waals surface area (Å²) in [6, 6.07) is 0. The second-order valence-corrected chi connectivity index (χ2v) is 5.36. The van der Waals surface area contributed by atoms with Crippen LogP contribution in [0.1, 0.15) is 34.1 Å².